The van der Waals surface area contributed by atoms with E-state index in [0.29, 0.717) is 44.0 Å². The number of nitrogens with zero attached hydrogens (tertiary/aromatic N) is 3. The SMILES string of the molecule is CN=C(NCc1cccc(C(=O)NC)c1)N1CCN(C(=O)c2ccco2)CC1.I. The number of rotatable bonds is 4. The molecule has 156 valence electrons. The zero-order valence-corrected chi connectivity index (χ0v) is 18.9. The smallest absolute Gasteiger partial charge is 0.289 e. The molecule has 3 rings (SSSR count). The van der Waals surface area contributed by atoms with E-state index in [-0.39, 0.29) is 35.8 Å². The third-order valence-corrected chi connectivity index (χ3v) is 4.68. The van der Waals surface area contributed by atoms with E-state index in [0.717, 1.165) is 11.5 Å². The maximum Gasteiger partial charge on any atom is 0.289 e. The molecule has 0 aliphatic carbocycles. The van der Waals surface area contributed by atoms with Crippen molar-refractivity contribution in [2.45, 2.75) is 6.54 Å². The average molecular weight is 511 g/mol. The second-order valence-corrected chi connectivity index (χ2v) is 6.44. The number of hydrogen-bond donors (Lipinski definition) is 2. The second-order valence-electron chi connectivity index (χ2n) is 6.44. The average Bonchev–Trinajstić information content (AvgIpc) is 3.28. The Morgan fingerprint density at radius 2 is 1.83 bits per heavy atom. The number of halogens is 1. The van der Waals surface area contributed by atoms with Gasteiger partial charge in [-0.1, -0.05) is 12.1 Å². The molecule has 0 bridgehead atoms. The molecular formula is C20H26IN5O3. The van der Waals surface area contributed by atoms with E-state index in [1.807, 2.05) is 18.2 Å². The summed E-state index contributed by atoms with van der Waals surface area (Å²) >= 11 is 0. The molecule has 2 aromatic rings. The lowest BCUT2D eigenvalue weighted by molar-refractivity contribution is 0.0657. The molecule has 0 saturated carbocycles. The number of carbonyl (C=O) groups is 2. The van der Waals surface area contributed by atoms with Crippen LogP contribution < -0.4 is 10.6 Å². The van der Waals surface area contributed by atoms with Gasteiger partial charge in [0.1, 0.15) is 0 Å². The van der Waals surface area contributed by atoms with Crippen LogP contribution in [-0.4, -0.2) is 67.8 Å². The van der Waals surface area contributed by atoms with E-state index >= 15 is 0 Å². The Hall–Kier alpha value is -2.56. The number of guanidine groups is 1. The Balaban J connectivity index is 0.00000300. The molecule has 2 amide bonds. The molecule has 0 atom stereocenters. The topological polar surface area (TPSA) is 90.2 Å². The van der Waals surface area contributed by atoms with Crippen molar-refractivity contribution in [2.75, 3.05) is 40.3 Å². The monoisotopic (exact) mass is 511 g/mol. The van der Waals surface area contributed by atoms with Gasteiger partial charge >= 0.3 is 0 Å². The van der Waals surface area contributed by atoms with E-state index in [9.17, 15) is 9.59 Å². The van der Waals surface area contributed by atoms with Crippen molar-refractivity contribution >= 4 is 41.8 Å². The fraction of sp³-hybridized carbons (Fsp3) is 0.350. The third kappa shape index (κ3) is 5.72. The van der Waals surface area contributed by atoms with Gasteiger partial charge in [-0.25, -0.2) is 0 Å². The summed E-state index contributed by atoms with van der Waals surface area (Å²) in [5.41, 5.74) is 1.62. The quantitative estimate of drug-likeness (QED) is 0.371. The van der Waals surface area contributed by atoms with Crippen molar-refractivity contribution < 1.29 is 14.0 Å². The molecule has 1 aromatic carbocycles. The van der Waals surface area contributed by atoms with Crippen LogP contribution in [-0.2, 0) is 6.54 Å². The molecular weight excluding hydrogens is 485 g/mol. The van der Waals surface area contributed by atoms with Gasteiger partial charge in [0.15, 0.2) is 11.7 Å². The van der Waals surface area contributed by atoms with E-state index in [1.54, 1.807) is 37.2 Å². The summed E-state index contributed by atoms with van der Waals surface area (Å²) in [7, 11) is 3.36. The first-order valence-corrected chi connectivity index (χ1v) is 9.21. The maximum absolute atomic E-state index is 12.4. The molecule has 1 fully saturated rings. The van der Waals surface area contributed by atoms with Crippen LogP contribution in [0.1, 0.15) is 26.5 Å². The minimum Gasteiger partial charge on any atom is -0.459 e. The molecule has 0 unspecified atom stereocenters. The van der Waals surface area contributed by atoms with Gasteiger partial charge in [-0.05, 0) is 29.8 Å². The van der Waals surface area contributed by atoms with Crippen LogP contribution in [0, 0.1) is 0 Å². The van der Waals surface area contributed by atoms with Crippen molar-refractivity contribution in [3.05, 3.63) is 59.5 Å². The number of nitrogens with one attached hydrogen (secondary N) is 2. The molecule has 0 spiro atoms. The molecule has 2 N–H and O–H groups in total. The maximum atomic E-state index is 12.4. The molecule has 9 heteroatoms. The highest BCUT2D eigenvalue weighted by atomic mass is 127. The van der Waals surface area contributed by atoms with E-state index < -0.39 is 0 Å². The zero-order valence-electron chi connectivity index (χ0n) is 16.6. The summed E-state index contributed by atoms with van der Waals surface area (Å²) in [5.74, 6) is 0.949. The second kappa shape index (κ2) is 10.8. The summed E-state index contributed by atoms with van der Waals surface area (Å²) in [5, 5.41) is 5.96. The summed E-state index contributed by atoms with van der Waals surface area (Å²) in [6.45, 7) is 3.14. The van der Waals surface area contributed by atoms with Crippen LogP contribution >= 0.6 is 24.0 Å². The summed E-state index contributed by atoms with van der Waals surface area (Å²) in [4.78, 5) is 32.4. The lowest BCUT2D eigenvalue weighted by Gasteiger charge is -2.36. The van der Waals surface area contributed by atoms with Gasteiger partial charge in [0.05, 0.1) is 6.26 Å². The molecule has 1 aliphatic rings. The molecule has 29 heavy (non-hydrogen) atoms. The van der Waals surface area contributed by atoms with Crippen molar-refractivity contribution in [1.82, 2.24) is 20.4 Å². The fourth-order valence-corrected chi connectivity index (χ4v) is 3.16. The zero-order chi connectivity index (χ0) is 19.9. The lowest BCUT2D eigenvalue weighted by atomic mass is 10.1. The Kier molecular flexibility index (Phi) is 8.50. The van der Waals surface area contributed by atoms with Crippen LogP contribution in [0.3, 0.4) is 0 Å². The van der Waals surface area contributed by atoms with Crippen LogP contribution in [0.2, 0.25) is 0 Å². The molecule has 8 nitrogen and oxygen atoms in total. The molecule has 1 aromatic heterocycles. The van der Waals surface area contributed by atoms with Crippen LogP contribution in [0.15, 0.2) is 52.1 Å². The van der Waals surface area contributed by atoms with Crippen molar-refractivity contribution in [1.29, 1.82) is 0 Å². The molecule has 2 heterocycles. The number of amides is 2. The number of furan rings is 1. The highest BCUT2D eigenvalue weighted by Gasteiger charge is 2.25. The minimum atomic E-state index is -0.108. The first-order valence-electron chi connectivity index (χ1n) is 9.21. The number of piperazine rings is 1. The van der Waals surface area contributed by atoms with Gasteiger partial charge in [0.2, 0.25) is 0 Å². The van der Waals surface area contributed by atoms with Crippen LogP contribution in [0.25, 0.3) is 0 Å². The number of benzene rings is 1. The van der Waals surface area contributed by atoms with Gasteiger partial charge in [-0.2, -0.15) is 0 Å². The summed E-state index contributed by atoms with van der Waals surface area (Å²) in [6.07, 6.45) is 1.51. The molecule has 1 saturated heterocycles. The third-order valence-electron chi connectivity index (χ3n) is 4.68. The van der Waals surface area contributed by atoms with Gasteiger partial charge in [-0.3, -0.25) is 14.6 Å². The Morgan fingerprint density at radius 1 is 1.10 bits per heavy atom. The van der Waals surface area contributed by atoms with Gasteiger partial charge < -0.3 is 24.9 Å². The predicted molar refractivity (Wildman–Crippen MR) is 122 cm³/mol. The standard InChI is InChI=1S/C20H25N5O3.HI/c1-21-18(26)16-6-3-5-15(13-16)14-23-20(22-2)25-10-8-24(9-11-25)19(27)17-7-4-12-28-17;/h3-7,12-13H,8-11,14H2,1-2H3,(H,21,26)(H,22,23);1H. The first kappa shape index (κ1) is 22.7. The lowest BCUT2D eigenvalue weighted by Crippen LogP contribution is -2.53. The minimum absolute atomic E-state index is 0. The normalized spacial score (nSPS) is 14.2. The van der Waals surface area contributed by atoms with Crippen molar-refractivity contribution in [3.63, 3.8) is 0 Å². The number of carbonyl (C=O) groups excluding carboxylic acids is 2. The predicted octanol–water partition coefficient (Wildman–Crippen LogP) is 1.79. The fourth-order valence-electron chi connectivity index (χ4n) is 3.16. The van der Waals surface area contributed by atoms with Gasteiger partial charge in [-0.15, -0.1) is 24.0 Å². The van der Waals surface area contributed by atoms with Crippen molar-refractivity contribution in [3.8, 4) is 0 Å². The van der Waals surface area contributed by atoms with Gasteiger partial charge in [0, 0.05) is 52.4 Å². The van der Waals surface area contributed by atoms with Crippen LogP contribution in [0.4, 0.5) is 0 Å². The molecule has 0 radical (unpaired) electrons. The highest BCUT2D eigenvalue weighted by Crippen LogP contribution is 2.10. The Bertz CT molecular complexity index is 846. The number of hydrogen-bond acceptors (Lipinski definition) is 4. The summed E-state index contributed by atoms with van der Waals surface area (Å²) in [6, 6.07) is 10.9. The van der Waals surface area contributed by atoms with Gasteiger partial charge in [0.25, 0.3) is 11.8 Å². The van der Waals surface area contributed by atoms with Crippen molar-refractivity contribution in [2.24, 2.45) is 4.99 Å². The largest absolute Gasteiger partial charge is 0.459 e. The summed E-state index contributed by atoms with van der Waals surface area (Å²) < 4.78 is 5.20. The van der Waals surface area contributed by atoms with E-state index in [1.165, 1.54) is 6.26 Å². The van der Waals surface area contributed by atoms with E-state index in [2.05, 4.69) is 20.5 Å². The molecule has 1 aliphatic heterocycles. The number of aliphatic imine (C=N–C) groups is 1. The van der Waals surface area contributed by atoms with Crippen LogP contribution in [0.5, 0.6) is 0 Å². The highest BCUT2D eigenvalue weighted by molar-refractivity contribution is 14.0. The van der Waals surface area contributed by atoms with E-state index in [4.69, 9.17) is 4.42 Å². The first-order chi connectivity index (χ1) is 13.6. The Morgan fingerprint density at radius 3 is 2.45 bits per heavy atom. The Labute approximate surface area is 187 Å².